The summed E-state index contributed by atoms with van der Waals surface area (Å²) in [7, 11) is 1.59. The van der Waals surface area contributed by atoms with Crippen molar-refractivity contribution < 1.29 is 9.59 Å². The van der Waals surface area contributed by atoms with E-state index >= 15 is 0 Å². The minimum Gasteiger partial charge on any atom is -0.292 e. The van der Waals surface area contributed by atoms with Gasteiger partial charge in [-0.25, -0.2) is 0 Å². The maximum absolute atomic E-state index is 11.4. The summed E-state index contributed by atoms with van der Waals surface area (Å²) in [5, 5.41) is 0.302. The fraction of sp³-hybridized carbons (Fsp3) is 0.625. The molecule has 2 amide bonds. The number of hydrogen-bond acceptors (Lipinski definition) is 3. The molecule has 1 heterocycles. The maximum Gasteiger partial charge on any atom is 0.238 e. The average Bonchev–Trinajstić information content (AvgIpc) is 1.99. The highest BCUT2D eigenvalue weighted by Gasteiger charge is 2.33. The molecule has 0 radical (unpaired) electrons. The van der Waals surface area contributed by atoms with Gasteiger partial charge in [-0.1, -0.05) is 0 Å². The molecule has 5 heteroatoms. The van der Waals surface area contributed by atoms with Crippen molar-refractivity contribution in [3.63, 3.8) is 0 Å². The van der Waals surface area contributed by atoms with E-state index in [1.807, 2.05) is 13.8 Å². The molecule has 13 heavy (non-hydrogen) atoms. The Morgan fingerprint density at radius 3 is 2.31 bits per heavy atom. The summed E-state index contributed by atoms with van der Waals surface area (Å²) < 4.78 is 0. The van der Waals surface area contributed by atoms with Crippen LogP contribution in [0.4, 0.5) is 0 Å². The summed E-state index contributed by atoms with van der Waals surface area (Å²) in [6.45, 7) is 3.74. The lowest BCUT2D eigenvalue weighted by Crippen LogP contribution is -2.55. The molecule has 0 unspecified atom stereocenters. The molecule has 0 aromatic carbocycles. The van der Waals surface area contributed by atoms with Crippen LogP contribution in [0.3, 0.4) is 0 Å². The molecule has 0 aromatic heterocycles. The molecule has 0 bridgehead atoms. The predicted molar refractivity (Wildman–Crippen MR) is 52.0 cm³/mol. The lowest BCUT2D eigenvalue weighted by atomic mass is 10.2. The van der Waals surface area contributed by atoms with Gasteiger partial charge in [0.05, 0.1) is 0 Å². The van der Waals surface area contributed by atoms with Crippen molar-refractivity contribution in [1.82, 2.24) is 9.80 Å². The van der Waals surface area contributed by atoms with Crippen molar-refractivity contribution in [2.75, 3.05) is 7.05 Å². The molecule has 0 N–H and O–H groups in total. The molecule has 1 aliphatic rings. The maximum atomic E-state index is 11.4. The van der Waals surface area contributed by atoms with Gasteiger partial charge in [-0.2, -0.15) is 0 Å². The summed E-state index contributed by atoms with van der Waals surface area (Å²) in [4.78, 5) is 25.4. The third-order valence-corrected chi connectivity index (χ3v) is 2.43. The first-order chi connectivity index (χ1) is 5.95. The number of carbonyl (C=O) groups is 2. The zero-order valence-corrected chi connectivity index (χ0v) is 8.72. The monoisotopic (exact) mass is 200 g/mol. The van der Waals surface area contributed by atoms with E-state index in [4.69, 9.17) is 12.2 Å². The van der Waals surface area contributed by atoms with E-state index < -0.39 is 0 Å². The van der Waals surface area contributed by atoms with Crippen LogP contribution >= 0.6 is 12.2 Å². The van der Waals surface area contributed by atoms with Gasteiger partial charge in [0, 0.05) is 13.1 Å². The van der Waals surface area contributed by atoms with Gasteiger partial charge in [-0.15, -0.1) is 0 Å². The van der Waals surface area contributed by atoms with Crippen LogP contribution in [-0.2, 0) is 9.59 Å². The summed E-state index contributed by atoms with van der Waals surface area (Å²) in [5.74, 6) is -0.435. The fourth-order valence-corrected chi connectivity index (χ4v) is 1.63. The van der Waals surface area contributed by atoms with Crippen LogP contribution in [-0.4, -0.2) is 39.8 Å². The molecule has 0 atom stereocenters. The van der Waals surface area contributed by atoms with Crippen molar-refractivity contribution in [3.8, 4) is 0 Å². The van der Waals surface area contributed by atoms with E-state index in [1.54, 1.807) is 7.05 Å². The van der Waals surface area contributed by atoms with Gasteiger partial charge in [0.15, 0.2) is 5.11 Å². The Bertz CT molecular complexity index is 275. The smallest absolute Gasteiger partial charge is 0.238 e. The zero-order valence-electron chi connectivity index (χ0n) is 7.90. The lowest BCUT2D eigenvalue weighted by molar-refractivity contribution is -0.140. The second-order valence-electron chi connectivity index (χ2n) is 3.27. The van der Waals surface area contributed by atoms with Gasteiger partial charge in [0.25, 0.3) is 0 Å². The Balaban J connectivity index is 2.92. The molecule has 0 spiro atoms. The molecule has 72 valence electrons. The Hall–Kier alpha value is -0.970. The number of hydrogen-bond donors (Lipinski definition) is 0. The van der Waals surface area contributed by atoms with E-state index in [1.165, 1.54) is 9.80 Å². The van der Waals surface area contributed by atoms with Crippen LogP contribution < -0.4 is 0 Å². The minimum absolute atomic E-state index is 0.00977. The first kappa shape index (κ1) is 10.1. The molecule has 0 saturated carbocycles. The molecule has 1 saturated heterocycles. The van der Waals surface area contributed by atoms with E-state index in [0.29, 0.717) is 5.11 Å². The topological polar surface area (TPSA) is 40.6 Å². The lowest BCUT2D eigenvalue weighted by Gasteiger charge is -2.35. The van der Waals surface area contributed by atoms with Crippen molar-refractivity contribution >= 4 is 29.1 Å². The van der Waals surface area contributed by atoms with Crippen LogP contribution in [0, 0.1) is 0 Å². The standard InChI is InChI=1S/C8H12N2O2S/c1-5(2)10-7(12)4-6(11)9(3)8(10)13/h5H,4H2,1-3H3. The van der Waals surface area contributed by atoms with Crippen LogP contribution in [0.1, 0.15) is 20.3 Å². The van der Waals surface area contributed by atoms with Crippen LogP contribution in [0.15, 0.2) is 0 Å². The van der Waals surface area contributed by atoms with Crippen molar-refractivity contribution in [1.29, 1.82) is 0 Å². The Kier molecular flexibility index (Phi) is 2.66. The second-order valence-corrected chi connectivity index (χ2v) is 3.63. The largest absolute Gasteiger partial charge is 0.292 e. The minimum atomic E-state index is -0.230. The molecule has 0 aliphatic carbocycles. The molecule has 1 fully saturated rings. The normalized spacial score (nSPS) is 18.9. The quantitative estimate of drug-likeness (QED) is 0.453. The fourth-order valence-electron chi connectivity index (χ4n) is 1.22. The van der Waals surface area contributed by atoms with Gasteiger partial charge >= 0.3 is 0 Å². The van der Waals surface area contributed by atoms with Crippen LogP contribution in [0.2, 0.25) is 0 Å². The molecule has 0 aromatic rings. The number of amides is 2. The molecular weight excluding hydrogens is 188 g/mol. The number of carbonyl (C=O) groups excluding carboxylic acids is 2. The molecule has 4 nitrogen and oxygen atoms in total. The van der Waals surface area contributed by atoms with Gasteiger partial charge in [-0.3, -0.25) is 19.4 Å². The van der Waals surface area contributed by atoms with Crippen molar-refractivity contribution in [3.05, 3.63) is 0 Å². The zero-order chi connectivity index (χ0) is 10.2. The molecule has 1 rings (SSSR count). The van der Waals surface area contributed by atoms with Crippen molar-refractivity contribution in [2.24, 2.45) is 0 Å². The third kappa shape index (κ3) is 1.70. The SMILES string of the molecule is CC(C)N1C(=O)CC(=O)N(C)C1=S. The Morgan fingerprint density at radius 1 is 1.31 bits per heavy atom. The summed E-state index contributed by atoms with van der Waals surface area (Å²) in [6, 6.07) is 0.00977. The summed E-state index contributed by atoms with van der Waals surface area (Å²) in [5.41, 5.74) is 0. The number of nitrogens with zero attached hydrogens (tertiary/aromatic N) is 2. The van der Waals surface area contributed by atoms with Gasteiger partial charge in [0.1, 0.15) is 6.42 Å². The average molecular weight is 200 g/mol. The Morgan fingerprint density at radius 2 is 1.85 bits per heavy atom. The first-order valence-electron chi connectivity index (χ1n) is 4.07. The van der Waals surface area contributed by atoms with E-state index in [9.17, 15) is 9.59 Å². The van der Waals surface area contributed by atoms with Gasteiger partial charge in [0.2, 0.25) is 11.8 Å². The van der Waals surface area contributed by atoms with E-state index in [2.05, 4.69) is 0 Å². The third-order valence-electron chi connectivity index (χ3n) is 1.95. The second kappa shape index (κ2) is 3.41. The number of thiocarbonyl (C=S) groups is 1. The highest BCUT2D eigenvalue weighted by atomic mass is 32.1. The number of rotatable bonds is 1. The molecule has 1 aliphatic heterocycles. The highest BCUT2D eigenvalue weighted by Crippen LogP contribution is 2.13. The first-order valence-corrected chi connectivity index (χ1v) is 4.48. The van der Waals surface area contributed by atoms with Crippen molar-refractivity contribution in [2.45, 2.75) is 26.3 Å². The summed E-state index contributed by atoms with van der Waals surface area (Å²) >= 11 is 4.99. The molecular formula is C8H12N2O2S. The van der Waals surface area contributed by atoms with E-state index in [-0.39, 0.29) is 24.3 Å². The van der Waals surface area contributed by atoms with Crippen LogP contribution in [0.5, 0.6) is 0 Å². The van der Waals surface area contributed by atoms with E-state index in [0.717, 1.165) is 0 Å². The predicted octanol–water partition coefficient (Wildman–Crippen LogP) is 0.370. The van der Waals surface area contributed by atoms with Crippen LogP contribution in [0.25, 0.3) is 0 Å². The summed E-state index contributed by atoms with van der Waals surface area (Å²) in [6.07, 6.45) is -0.0746. The Labute approximate surface area is 82.5 Å². The van der Waals surface area contributed by atoms with Gasteiger partial charge in [-0.05, 0) is 26.1 Å². The van der Waals surface area contributed by atoms with Gasteiger partial charge < -0.3 is 0 Å². The highest BCUT2D eigenvalue weighted by molar-refractivity contribution is 7.80.